The van der Waals surface area contributed by atoms with Crippen molar-refractivity contribution in [1.82, 2.24) is 5.32 Å². The predicted octanol–water partition coefficient (Wildman–Crippen LogP) is 4.64. The molecule has 0 saturated heterocycles. The maximum Gasteiger partial charge on any atom is 0.251 e. The first-order chi connectivity index (χ1) is 13.6. The maximum atomic E-state index is 12.8. The summed E-state index contributed by atoms with van der Waals surface area (Å²) in [5.74, 6) is 0.342. The molecule has 0 aliphatic heterocycles. The van der Waals surface area contributed by atoms with Gasteiger partial charge < -0.3 is 10.6 Å². The van der Waals surface area contributed by atoms with Gasteiger partial charge in [-0.05, 0) is 60.4 Å². The highest BCUT2D eigenvalue weighted by atomic mass is 32.2. The molecule has 0 aromatic heterocycles. The Morgan fingerprint density at radius 3 is 2.39 bits per heavy atom. The van der Waals surface area contributed by atoms with E-state index in [9.17, 15) is 9.59 Å². The highest BCUT2D eigenvalue weighted by Crippen LogP contribution is 2.19. The third-order valence-electron chi connectivity index (χ3n) is 4.56. The number of hydrogen-bond acceptors (Lipinski definition) is 3. The lowest BCUT2D eigenvalue weighted by Crippen LogP contribution is -2.44. The van der Waals surface area contributed by atoms with Crippen LogP contribution in [0, 0.1) is 6.92 Å². The van der Waals surface area contributed by atoms with E-state index in [0.29, 0.717) is 12.0 Å². The molecular weight excluding hydrogens is 368 g/mol. The summed E-state index contributed by atoms with van der Waals surface area (Å²) in [5, 5.41) is 8.00. The van der Waals surface area contributed by atoms with Crippen LogP contribution in [0.1, 0.15) is 22.3 Å². The number of aryl methyl sites for hydroxylation is 1. The summed E-state index contributed by atoms with van der Waals surface area (Å²) in [6.45, 7) is 1.97. The summed E-state index contributed by atoms with van der Waals surface area (Å²) in [6.07, 6.45) is 2.55. The van der Waals surface area contributed by atoms with Gasteiger partial charge in [0.1, 0.15) is 6.04 Å². The van der Waals surface area contributed by atoms with E-state index in [4.69, 9.17) is 0 Å². The molecule has 144 valence electrons. The van der Waals surface area contributed by atoms with Crippen LogP contribution >= 0.6 is 11.8 Å². The molecule has 0 fully saturated rings. The first-order valence-electron chi connectivity index (χ1n) is 9.23. The van der Waals surface area contributed by atoms with Crippen molar-refractivity contribution in [3.63, 3.8) is 0 Å². The van der Waals surface area contributed by atoms with Crippen molar-refractivity contribution in [2.45, 2.75) is 19.4 Å². The van der Waals surface area contributed by atoms with Crippen LogP contribution in [0.15, 0.2) is 66.7 Å². The van der Waals surface area contributed by atoms with Crippen LogP contribution in [0.25, 0.3) is 10.8 Å². The van der Waals surface area contributed by atoms with Crippen LogP contribution in [0.3, 0.4) is 0 Å². The zero-order chi connectivity index (χ0) is 19.9. The van der Waals surface area contributed by atoms with Gasteiger partial charge in [-0.25, -0.2) is 0 Å². The monoisotopic (exact) mass is 392 g/mol. The zero-order valence-corrected chi connectivity index (χ0v) is 16.9. The Morgan fingerprint density at radius 2 is 1.68 bits per heavy atom. The second-order valence-corrected chi connectivity index (χ2v) is 7.71. The Balaban J connectivity index is 1.72. The largest absolute Gasteiger partial charge is 0.340 e. The normalized spacial score (nSPS) is 11.8. The quantitative estimate of drug-likeness (QED) is 0.616. The lowest BCUT2D eigenvalue weighted by Gasteiger charge is -2.18. The number of rotatable bonds is 7. The minimum Gasteiger partial charge on any atom is -0.340 e. The summed E-state index contributed by atoms with van der Waals surface area (Å²) in [4.78, 5) is 25.4. The van der Waals surface area contributed by atoms with Crippen LogP contribution in [0.4, 0.5) is 5.69 Å². The zero-order valence-electron chi connectivity index (χ0n) is 16.1. The Bertz CT molecular complexity index is 970. The Morgan fingerprint density at radius 1 is 0.964 bits per heavy atom. The number of carbonyl (C=O) groups is 2. The fraction of sp³-hybridized carbons (Fsp3) is 0.217. The summed E-state index contributed by atoms with van der Waals surface area (Å²) in [7, 11) is 0. The smallest absolute Gasteiger partial charge is 0.251 e. The molecule has 3 aromatic carbocycles. The molecule has 3 rings (SSSR count). The Hall–Kier alpha value is -2.79. The average molecular weight is 393 g/mol. The minimum absolute atomic E-state index is 0.204. The van der Waals surface area contributed by atoms with Gasteiger partial charge in [-0.1, -0.05) is 48.0 Å². The van der Waals surface area contributed by atoms with Gasteiger partial charge >= 0.3 is 0 Å². The van der Waals surface area contributed by atoms with Crippen molar-refractivity contribution in [3.05, 3.63) is 77.9 Å². The van der Waals surface area contributed by atoms with E-state index in [0.717, 1.165) is 27.8 Å². The third kappa shape index (κ3) is 5.14. The third-order valence-corrected chi connectivity index (χ3v) is 5.21. The fourth-order valence-corrected chi connectivity index (χ4v) is 3.42. The highest BCUT2D eigenvalue weighted by molar-refractivity contribution is 7.98. The molecule has 0 aliphatic rings. The van der Waals surface area contributed by atoms with Gasteiger partial charge in [0.15, 0.2) is 0 Å². The first-order valence-corrected chi connectivity index (χ1v) is 10.6. The number of thioether (sulfide) groups is 1. The molecule has 0 aliphatic carbocycles. The molecule has 1 atom stereocenters. The van der Waals surface area contributed by atoms with Gasteiger partial charge in [0, 0.05) is 11.3 Å². The van der Waals surface area contributed by atoms with Gasteiger partial charge in [-0.2, -0.15) is 11.8 Å². The lowest BCUT2D eigenvalue weighted by molar-refractivity contribution is -0.118. The number of fused-ring (bicyclic) bond motifs is 1. The van der Waals surface area contributed by atoms with Crippen molar-refractivity contribution in [2.24, 2.45) is 0 Å². The van der Waals surface area contributed by atoms with E-state index in [1.165, 1.54) is 0 Å². The fourth-order valence-electron chi connectivity index (χ4n) is 2.95. The van der Waals surface area contributed by atoms with E-state index >= 15 is 0 Å². The molecule has 4 nitrogen and oxygen atoms in total. The topological polar surface area (TPSA) is 58.2 Å². The Labute approximate surface area is 169 Å². The van der Waals surface area contributed by atoms with E-state index in [-0.39, 0.29) is 11.8 Å². The van der Waals surface area contributed by atoms with Crippen LogP contribution < -0.4 is 10.6 Å². The van der Waals surface area contributed by atoms with Crippen LogP contribution in [0.2, 0.25) is 0 Å². The second kappa shape index (κ2) is 9.42. The summed E-state index contributed by atoms with van der Waals surface area (Å²) in [5.41, 5.74) is 2.37. The molecule has 0 unspecified atom stereocenters. The number of nitrogens with one attached hydrogen (secondary N) is 2. The summed E-state index contributed by atoms with van der Waals surface area (Å²) < 4.78 is 0. The van der Waals surface area contributed by atoms with Gasteiger partial charge in [0.25, 0.3) is 5.91 Å². The van der Waals surface area contributed by atoms with Crippen LogP contribution in [-0.2, 0) is 4.79 Å². The van der Waals surface area contributed by atoms with E-state index < -0.39 is 6.04 Å². The SMILES string of the molecule is CSCC[C@@H](NC(=O)c1ccc(C)cc1)C(=O)Nc1ccc2ccccc2c1. The summed E-state index contributed by atoms with van der Waals surface area (Å²) in [6, 6.07) is 20.5. The van der Waals surface area contributed by atoms with Gasteiger partial charge in [-0.15, -0.1) is 0 Å². The molecule has 0 saturated carbocycles. The van der Waals surface area contributed by atoms with Crippen molar-refractivity contribution in [3.8, 4) is 0 Å². The number of amides is 2. The van der Waals surface area contributed by atoms with Gasteiger partial charge in [0.05, 0.1) is 0 Å². The molecule has 0 heterocycles. The van der Waals surface area contributed by atoms with Crippen molar-refractivity contribution >= 4 is 40.0 Å². The minimum atomic E-state index is -0.590. The second-order valence-electron chi connectivity index (χ2n) is 6.72. The molecule has 28 heavy (non-hydrogen) atoms. The molecule has 0 radical (unpaired) electrons. The molecule has 3 aromatic rings. The highest BCUT2D eigenvalue weighted by Gasteiger charge is 2.21. The number of hydrogen-bond donors (Lipinski definition) is 2. The van der Waals surface area contributed by atoms with E-state index in [1.54, 1.807) is 23.9 Å². The molecular formula is C23H24N2O2S. The predicted molar refractivity (Wildman–Crippen MR) is 118 cm³/mol. The number of anilines is 1. The van der Waals surface area contributed by atoms with Gasteiger partial charge in [0.2, 0.25) is 5.91 Å². The van der Waals surface area contributed by atoms with Gasteiger partial charge in [-0.3, -0.25) is 9.59 Å². The molecule has 5 heteroatoms. The van der Waals surface area contributed by atoms with Crippen LogP contribution in [-0.4, -0.2) is 29.9 Å². The average Bonchev–Trinajstić information content (AvgIpc) is 2.71. The van der Waals surface area contributed by atoms with Crippen LogP contribution in [0.5, 0.6) is 0 Å². The van der Waals surface area contributed by atoms with Crippen molar-refractivity contribution < 1.29 is 9.59 Å². The Kier molecular flexibility index (Phi) is 6.71. The van der Waals surface area contributed by atoms with Crippen molar-refractivity contribution in [2.75, 3.05) is 17.3 Å². The van der Waals surface area contributed by atoms with E-state index in [2.05, 4.69) is 10.6 Å². The molecule has 0 spiro atoms. The molecule has 2 amide bonds. The maximum absolute atomic E-state index is 12.8. The lowest BCUT2D eigenvalue weighted by atomic mass is 10.1. The number of carbonyl (C=O) groups excluding carboxylic acids is 2. The number of benzene rings is 3. The van der Waals surface area contributed by atoms with E-state index in [1.807, 2.05) is 67.8 Å². The van der Waals surface area contributed by atoms with Crippen molar-refractivity contribution in [1.29, 1.82) is 0 Å². The molecule has 0 bridgehead atoms. The molecule has 2 N–H and O–H groups in total. The standard InChI is InChI=1S/C23H24N2O2S/c1-16-7-9-18(10-8-16)22(26)25-21(13-14-28-2)23(27)24-20-12-11-17-5-3-4-6-19(17)15-20/h3-12,15,21H,13-14H2,1-2H3,(H,24,27)(H,25,26)/t21-/m1/s1. The summed E-state index contributed by atoms with van der Waals surface area (Å²) >= 11 is 1.65. The first kappa shape index (κ1) is 20.0.